The number of thiophene rings is 1. The highest BCUT2D eigenvalue weighted by molar-refractivity contribution is 7.20. The predicted molar refractivity (Wildman–Crippen MR) is 48.4 cm³/mol. The van der Waals surface area contributed by atoms with E-state index < -0.39 is 22.9 Å². The molecule has 0 radical (unpaired) electrons. The normalized spacial score (nSPS) is 11.4. The summed E-state index contributed by atoms with van der Waals surface area (Å²) >= 11 is 0.825. The van der Waals surface area contributed by atoms with Crippen LogP contribution in [0.25, 0.3) is 10.1 Å². The Labute approximate surface area is 81.4 Å². The van der Waals surface area contributed by atoms with Crippen LogP contribution in [-0.4, -0.2) is 5.11 Å². The van der Waals surface area contributed by atoms with Crippen LogP contribution in [0.1, 0.15) is 12.0 Å². The zero-order valence-electron chi connectivity index (χ0n) is 6.80. The molecule has 1 N–H and O–H groups in total. The third-order valence-electron chi connectivity index (χ3n) is 1.89. The number of fused-ring (bicyclic) bond motifs is 1. The van der Waals surface area contributed by atoms with Gasteiger partial charge in [0.15, 0.2) is 5.06 Å². The molecule has 0 fully saturated rings. The quantitative estimate of drug-likeness (QED) is 0.774. The molecule has 0 amide bonds. The van der Waals surface area contributed by atoms with Gasteiger partial charge in [-0.3, -0.25) is 0 Å². The first-order valence-electron chi connectivity index (χ1n) is 3.78. The summed E-state index contributed by atoms with van der Waals surface area (Å²) in [5.41, 5.74) is -0.482. The highest BCUT2D eigenvalue weighted by atomic mass is 32.1. The second-order valence-electron chi connectivity index (χ2n) is 2.76. The van der Waals surface area contributed by atoms with Crippen LogP contribution < -0.4 is 0 Å². The van der Waals surface area contributed by atoms with Crippen molar-refractivity contribution < 1.29 is 18.3 Å². The second-order valence-corrected chi connectivity index (χ2v) is 3.79. The summed E-state index contributed by atoms with van der Waals surface area (Å²) in [6.07, 6.45) is -2.79. The summed E-state index contributed by atoms with van der Waals surface area (Å²) in [6, 6.07) is 3.56. The second kappa shape index (κ2) is 3.16. The smallest absolute Gasteiger partial charge is 0.268 e. The van der Waals surface area contributed by atoms with E-state index in [1.165, 1.54) is 12.1 Å². The van der Waals surface area contributed by atoms with Crippen LogP contribution in [0, 0.1) is 5.82 Å². The summed E-state index contributed by atoms with van der Waals surface area (Å²) < 4.78 is 38.1. The van der Waals surface area contributed by atoms with Crippen molar-refractivity contribution in [3.05, 3.63) is 29.6 Å². The fourth-order valence-electron chi connectivity index (χ4n) is 1.29. The Morgan fingerprint density at radius 3 is 2.64 bits per heavy atom. The molecular formula is C9H5F3OS. The summed E-state index contributed by atoms with van der Waals surface area (Å²) in [4.78, 5) is 0. The highest BCUT2D eigenvalue weighted by Crippen LogP contribution is 2.42. The molecule has 1 aromatic heterocycles. The van der Waals surface area contributed by atoms with Gasteiger partial charge in [-0.25, -0.2) is 13.2 Å². The summed E-state index contributed by atoms with van der Waals surface area (Å²) in [5, 5.41) is 8.85. The van der Waals surface area contributed by atoms with Gasteiger partial charge in [0.05, 0.1) is 5.56 Å². The fourth-order valence-corrected chi connectivity index (χ4v) is 2.22. The number of benzene rings is 1. The first kappa shape index (κ1) is 9.33. The molecule has 0 spiro atoms. The van der Waals surface area contributed by atoms with Gasteiger partial charge in [-0.1, -0.05) is 11.3 Å². The Morgan fingerprint density at radius 2 is 2.00 bits per heavy atom. The Hall–Kier alpha value is -1.23. The number of alkyl halides is 2. The molecule has 0 aliphatic rings. The number of hydrogen-bond donors (Lipinski definition) is 1. The largest absolute Gasteiger partial charge is 0.499 e. The molecule has 2 rings (SSSR count). The average Bonchev–Trinajstić information content (AvgIpc) is 2.40. The standard InChI is InChI=1S/C9H5F3OS/c10-4-1-2-6-5(3-4)7(8(11)12)9(13)14-6/h1-3,8,13H. The number of rotatable bonds is 1. The number of halogens is 3. The van der Waals surface area contributed by atoms with E-state index in [1.807, 2.05) is 0 Å². The van der Waals surface area contributed by atoms with Gasteiger partial charge >= 0.3 is 0 Å². The van der Waals surface area contributed by atoms with Crippen molar-refractivity contribution in [2.75, 3.05) is 0 Å². The third kappa shape index (κ3) is 1.33. The minimum atomic E-state index is -2.79. The van der Waals surface area contributed by atoms with E-state index in [0.717, 1.165) is 17.4 Å². The van der Waals surface area contributed by atoms with Crippen LogP contribution >= 0.6 is 11.3 Å². The van der Waals surface area contributed by atoms with Crippen LogP contribution in [0.5, 0.6) is 5.06 Å². The molecule has 0 aliphatic heterocycles. The summed E-state index contributed by atoms with van der Waals surface area (Å²) in [6.45, 7) is 0. The van der Waals surface area contributed by atoms with Crippen molar-refractivity contribution >= 4 is 21.4 Å². The van der Waals surface area contributed by atoms with E-state index in [-0.39, 0.29) is 5.39 Å². The molecule has 2 aromatic rings. The lowest BCUT2D eigenvalue weighted by Crippen LogP contribution is -1.82. The minimum Gasteiger partial charge on any atom is -0.499 e. The molecule has 14 heavy (non-hydrogen) atoms. The van der Waals surface area contributed by atoms with Gasteiger partial charge in [-0.05, 0) is 18.2 Å². The number of aromatic hydroxyl groups is 1. The lowest BCUT2D eigenvalue weighted by atomic mass is 10.2. The molecule has 5 heteroatoms. The molecule has 1 aromatic carbocycles. The molecule has 0 unspecified atom stereocenters. The van der Waals surface area contributed by atoms with Gasteiger partial charge in [-0.2, -0.15) is 0 Å². The zero-order valence-corrected chi connectivity index (χ0v) is 7.62. The first-order chi connectivity index (χ1) is 6.59. The van der Waals surface area contributed by atoms with E-state index in [1.54, 1.807) is 0 Å². The monoisotopic (exact) mass is 218 g/mol. The Kier molecular flexibility index (Phi) is 2.11. The molecule has 74 valence electrons. The van der Waals surface area contributed by atoms with Crippen molar-refractivity contribution in [1.29, 1.82) is 0 Å². The first-order valence-corrected chi connectivity index (χ1v) is 4.60. The SMILES string of the molecule is Oc1sc2ccc(F)cc2c1C(F)F. The summed E-state index contributed by atoms with van der Waals surface area (Å²) in [5.74, 6) is -0.586. The molecule has 0 aliphatic carbocycles. The maximum absolute atomic E-state index is 12.8. The van der Waals surface area contributed by atoms with Gasteiger partial charge < -0.3 is 5.11 Å². The van der Waals surface area contributed by atoms with Crippen LogP contribution in [0.3, 0.4) is 0 Å². The molecular weight excluding hydrogens is 213 g/mol. The number of hydrogen-bond acceptors (Lipinski definition) is 2. The topological polar surface area (TPSA) is 20.2 Å². The van der Waals surface area contributed by atoms with Gasteiger partial charge in [-0.15, -0.1) is 0 Å². The minimum absolute atomic E-state index is 0.0856. The zero-order chi connectivity index (χ0) is 10.3. The molecule has 0 saturated heterocycles. The van der Waals surface area contributed by atoms with Gasteiger partial charge in [0.2, 0.25) is 0 Å². The van der Waals surface area contributed by atoms with Crippen molar-refractivity contribution in [3.8, 4) is 5.06 Å². The van der Waals surface area contributed by atoms with Gasteiger partial charge in [0.25, 0.3) is 6.43 Å². The van der Waals surface area contributed by atoms with Gasteiger partial charge in [0.1, 0.15) is 5.82 Å². The maximum atomic E-state index is 12.8. The van der Waals surface area contributed by atoms with Gasteiger partial charge in [0, 0.05) is 10.1 Å². The molecule has 1 nitrogen and oxygen atoms in total. The van der Waals surface area contributed by atoms with Crippen LogP contribution in [0.2, 0.25) is 0 Å². The molecule has 0 saturated carbocycles. The van der Waals surface area contributed by atoms with Crippen molar-refractivity contribution in [3.63, 3.8) is 0 Å². The van der Waals surface area contributed by atoms with E-state index in [9.17, 15) is 18.3 Å². The third-order valence-corrected chi connectivity index (χ3v) is 2.88. The molecule has 1 heterocycles. The predicted octanol–water partition coefficient (Wildman–Crippen LogP) is 3.68. The van der Waals surface area contributed by atoms with E-state index in [0.29, 0.717) is 4.70 Å². The Morgan fingerprint density at radius 1 is 1.29 bits per heavy atom. The van der Waals surface area contributed by atoms with Crippen LogP contribution in [0.15, 0.2) is 18.2 Å². The van der Waals surface area contributed by atoms with Crippen LogP contribution in [-0.2, 0) is 0 Å². The lowest BCUT2D eigenvalue weighted by molar-refractivity contribution is 0.150. The fraction of sp³-hybridized carbons (Fsp3) is 0.111. The maximum Gasteiger partial charge on any atom is 0.268 e. The molecule has 0 bridgehead atoms. The Bertz CT molecular complexity index is 478. The average molecular weight is 218 g/mol. The van der Waals surface area contributed by atoms with E-state index in [4.69, 9.17) is 0 Å². The molecule has 0 atom stereocenters. The lowest BCUT2D eigenvalue weighted by Gasteiger charge is -1.97. The van der Waals surface area contributed by atoms with Crippen molar-refractivity contribution in [2.24, 2.45) is 0 Å². The van der Waals surface area contributed by atoms with Crippen molar-refractivity contribution in [1.82, 2.24) is 0 Å². The highest BCUT2D eigenvalue weighted by Gasteiger charge is 2.20. The Balaban J connectivity index is 2.79. The van der Waals surface area contributed by atoms with E-state index in [2.05, 4.69) is 0 Å². The summed E-state index contributed by atoms with van der Waals surface area (Å²) in [7, 11) is 0. The van der Waals surface area contributed by atoms with Crippen molar-refractivity contribution in [2.45, 2.75) is 6.43 Å². The van der Waals surface area contributed by atoms with E-state index >= 15 is 0 Å². The van der Waals surface area contributed by atoms with Crippen LogP contribution in [0.4, 0.5) is 13.2 Å².